The number of hydrogen-bond donors (Lipinski definition) is 6. The first-order valence-electron chi connectivity index (χ1n) is 11.0. The molecule has 3 unspecified atom stereocenters. The first kappa shape index (κ1) is 30.0. The predicted molar refractivity (Wildman–Crippen MR) is 114 cm³/mol. The maximum absolute atomic E-state index is 14.3. The molecule has 0 saturated heterocycles. The summed E-state index contributed by atoms with van der Waals surface area (Å²) in [6.07, 6.45) is -11.5. The monoisotopic (exact) mass is 526 g/mol. The first-order valence-corrected chi connectivity index (χ1v) is 11.0. The summed E-state index contributed by atoms with van der Waals surface area (Å²) in [5.74, 6) is -9.88. The minimum Gasteiger partial charge on any atom is -0.394 e. The van der Waals surface area contributed by atoms with Crippen LogP contribution in [-0.2, 0) is 12.8 Å². The van der Waals surface area contributed by atoms with Crippen LogP contribution in [0.1, 0.15) is 24.5 Å². The minimum atomic E-state index is -2.20. The number of rotatable bonds is 12. The molecule has 2 aromatic rings. The van der Waals surface area contributed by atoms with Crippen LogP contribution >= 0.6 is 0 Å². The van der Waals surface area contributed by atoms with Gasteiger partial charge in [-0.3, -0.25) is 0 Å². The standard InChI is InChI=1S/C24H28F6O6/c1-10(2-11-5-14(25)7-16(27)19(11)29)3-13(4-12-6-15(26)8-17(28)20(12)30)21(33)23(35)24(36)22(34)18(32)9-31/h5-8,10,13,18,21-24,31-36H,2-4,9H2,1H3/t10?,13?,18-,21?,22+,23+,24-/m0/s1. The van der Waals surface area contributed by atoms with Gasteiger partial charge in [0.15, 0.2) is 23.3 Å². The van der Waals surface area contributed by atoms with Crippen molar-refractivity contribution in [2.75, 3.05) is 6.61 Å². The summed E-state index contributed by atoms with van der Waals surface area (Å²) in [6, 6.07) is 2.05. The average Bonchev–Trinajstić information content (AvgIpc) is 2.82. The highest BCUT2D eigenvalue weighted by Crippen LogP contribution is 2.29. The van der Waals surface area contributed by atoms with E-state index in [4.69, 9.17) is 5.11 Å². The second kappa shape index (κ2) is 12.8. The molecule has 0 amide bonds. The van der Waals surface area contributed by atoms with Gasteiger partial charge in [0.1, 0.15) is 36.1 Å². The van der Waals surface area contributed by atoms with Crippen LogP contribution in [0.25, 0.3) is 0 Å². The quantitative estimate of drug-likeness (QED) is 0.185. The van der Waals surface area contributed by atoms with Crippen molar-refractivity contribution >= 4 is 0 Å². The van der Waals surface area contributed by atoms with Gasteiger partial charge in [-0.1, -0.05) is 6.92 Å². The Morgan fingerprint density at radius 3 is 1.56 bits per heavy atom. The van der Waals surface area contributed by atoms with Gasteiger partial charge in [0, 0.05) is 12.1 Å². The predicted octanol–water partition coefficient (Wildman–Crippen LogP) is 1.75. The van der Waals surface area contributed by atoms with Crippen LogP contribution in [0.4, 0.5) is 26.3 Å². The van der Waals surface area contributed by atoms with Crippen molar-refractivity contribution in [2.24, 2.45) is 11.8 Å². The molecule has 0 saturated carbocycles. The Morgan fingerprint density at radius 1 is 0.639 bits per heavy atom. The van der Waals surface area contributed by atoms with Gasteiger partial charge in [-0.05, 0) is 54.4 Å². The molecule has 2 aromatic carbocycles. The summed E-state index contributed by atoms with van der Waals surface area (Å²) in [7, 11) is 0. The average molecular weight is 526 g/mol. The van der Waals surface area contributed by atoms with E-state index < -0.39 is 95.9 Å². The maximum Gasteiger partial charge on any atom is 0.162 e. The van der Waals surface area contributed by atoms with Crippen molar-refractivity contribution in [2.45, 2.75) is 56.7 Å². The molecule has 7 atom stereocenters. The van der Waals surface area contributed by atoms with Gasteiger partial charge >= 0.3 is 0 Å². The molecular weight excluding hydrogens is 498 g/mol. The van der Waals surface area contributed by atoms with E-state index in [1.54, 1.807) is 0 Å². The van der Waals surface area contributed by atoms with Gasteiger partial charge in [-0.15, -0.1) is 0 Å². The van der Waals surface area contributed by atoms with Crippen molar-refractivity contribution in [3.8, 4) is 0 Å². The Labute approximate surface area is 203 Å². The van der Waals surface area contributed by atoms with E-state index in [2.05, 4.69) is 0 Å². The SMILES string of the molecule is CC(Cc1cc(F)cc(F)c1F)CC(Cc1cc(F)cc(F)c1F)C(O)[C@@H](O)[C@@H](O)[C@H](O)[C@@H](O)CO. The topological polar surface area (TPSA) is 121 Å². The molecule has 0 heterocycles. The fourth-order valence-electron chi connectivity index (χ4n) is 4.14. The Morgan fingerprint density at radius 2 is 1.08 bits per heavy atom. The van der Waals surface area contributed by atoms with E-state index in [1.165, 1.54) is 6.92 Å². The van der Waals surface area contributed by atoms with Crippen LogP contribution in [0.2, 0.25) is 0 Å². The minimum absolute atomic E-state index is 0.237. The molecule has 0 aliphatic carbocycles. The zero-order valence-electron chi connectivity index (χ0n) is 19.1. The van der Waals surface area contributed by atoms with Crippen LogP contribution in [0.3, 0.4) is 0 Å². The molecule has 202 valence electrons. The van der Waals surface area contributed by atoms with E-state index in [0.717, 1.165) is 6.07 Å². The number of hydrogen-bond acceptors (Lipinski definition) is 6. The van der Waals surface area contributed by atoms with E-state index in [9.17, 15) is 51.9 Å². The lowest BCUT2D eigenvalue weighted by molar-refractivity contribution is -0.149. The summed E-state index contributed by atoms with van der Waals surface area (Å²) in [6.45, 7) is 0.475. The highest BCUT2D eigenvalue weighted by Gasteiger charge is 2.38. The second-order valence-corrected chi connectivity index (χ2v) is 8.94. The zero-order valence-corrected chi connectivity index (χ0v) is 19.1. The van der Waals surface area contributed by atoms with Crippen molar-refractivity contribution < 1.29 is 57.0 Å². The molecule has 6 N–H and O–H groups in total. The van der Waals surface area contributed by atoms with Gasteiger partial charge in [0.25, 0.3) is 0 Å². The molecule has 0 radical (unpaired) electrons. The third-order valence-electron chi connectivity index (χ3n) is 6.01. The van der Waals surface area contributed by atoms with Crippen LogP contribution in [0.5, 0.6) is 0 Å². The number of aliphatic hydroxyl groups excluding tert-OH is 6. The van der Waals surface area contributed by atoms with Gasteiger partial charge in [-0.2, -0.15) is 0 Å². The van der Waals surface area contributed by atoms with Crippen LogP contribution in [0.15, 0.2) is 24.3 Å². The van der Waals surface area contributed by atoms with Crippen LogP contribution < -0.4 is 0 Å². The molecular formula is C24H28F6O6. The smallest absolute Gasteiger partial charge is 0.162 e. The maximum atomic E-state index is 14.3. The van der Waals surface area contributed by atoms with Crippen molar-refractivity contribution in [1.82, 2.24) is 0 Å². The fraction of sp³-hybridized carbons (Fsp3) is 0.500. The molecule has 0 fully saturated rings. The summed E-state index contributed by atoms with van der Waals surface area (Å²) in [4.78, 5) is 0. The number of halogens is 6. The van der Waals surface area contributed by atoms with Crippen LogP contribution in [0, 0.1) is 46.7 Å². The van der Waals surface area contributed by atoms with E-state index in [1.807, 2.05) is 0 Å². The largest absolute Gasteiger partial charge is 0.394 e. The molecule has 0 aromatic heterocycles. The highest BCUT2D eigenvalue weighted by atomic mass is 19.2. The summed E-state index contributed by atoms with van der Waals surface area (Å²) in [5.41, 5.74) is -0.886. The Balaban J connectivity index is 2.34. The lowest BCUT2D eigenvalue weighted by atomic mass is 9.80. The fourth-order valence-corrected chi connectivity index (χ4v) is 4.14. The van der Waals surface area contributed by atoms with Gasteiger partial charge in [-0.25, -0.2) is 26.3 Å². The molecule has 0 aliphatic heterocycles. The molecule has 0 spiro atoms. The molecule has 0 bridgehead atoms. The molecule has 36 heavy (non-hydrogen) atoms. The van der Waals surface area contributed by atoms with Gasteiger partial charge in [0.05, 0.1) is 12.7 Å². The van der Waals surface area contributed by atoms with E-state index in [0.29, 0.717) is 18.2 Å². The van der Waals surface area contributed by atoms with E-state index in [-0.39, 0.29) is 18.4 Å². The first-order chi connectivity index (χ1) is 16.8. The summed E-state index contributed by atoms with van der Waals surface area (Å²) >= 11 is 0. The van der Waals surface area contributed by atoms with E-state index >= 15 is 0 Å². The zero-order chi connectivity index (χ0) is 27.3. The third kappa shape index (κ3) is 7.40. The van der Waals surface area contributed by atoms with Gasteiger partial charge < -0.3 is 30.6 Å². The lowest BCUT2D eigenvalue weighted by Gasteiger charge is -2.34. The molecule has 0 aliphatic rings. The lowest BCUT2D eigenvalue weighted by Crippen LogP contribution is -2.52. The molecule has 2 rings (SSSR count). The Bertz CT molecular complexity index is 1030. The summed E-state index contributed by atoms with van der Waals surface area (Å²) in [5, 5.41) is 59.5. The second-order valence-electron chi connectivity index (χ2n) is 8.94. The molecule has 12 heteroatoms. The van der Waals surface area contributed by atoms with Crippen molar-refractivity contribution in [3.63, 3.8) is 0 Å². The summed E-state index contributed by atoms with van der Waals surface area (Å²) < 4.78 is 82.9. The normalized spacial score (nSPS) is 17.8. The van der Waals surface area contributed by atoms with Crippen LogP contribution in [-0.4, -0.2) is 67.8 Å². The number of aliphatic hydroxyl groups is 6. The highest BCUT2D eigenvalue weighted by molar-refractivity contribution is 5.22. The van der Waals surface area contributed by atoms with Crippen molar-refractivity contribution in [1.29, 1.82) is 0 Å². The third-order valence-corrected chi connectivity index (χ3v) is 6.01. The van der Waals surface area contributed by atoms with Crippen molar-refractivity contribution in [3.05, 3.63) is 70.3 Å². The number of benzene rings is 2. The Hall–Kier alpha value is -2.22. The van der Waals surface area contributed by atoms with Gasteiger partial charge in [0.2, 0.25) is 0 Å². The molecule has 6 nitrogen and oxygen atoms in total. The Kier molecular flexibility index (Phi) is 10.7.